The Labute approximate surface area is 167 Å². The lowest BCUT2D eigenvalue weighted by Gasteiger charge is -2.14. The Morgan fingerprint density at radius 3 is 2.48 bits per heavy atom. The molecule has 0 saturated heterocycles. The van der Waals surface area contributed by atoms with Crippen LogP contribution in [0.5, 0.6) is 0 Å². The van der Waals surface area contributed by atoms with Crippen LogP contribution in [0.1, 0.15) is 33.2 Å². The molecule has 0 saturated carbocycles. The summed E-state index contributed by atoms with van der Waals surface area (Å²) >= 11 is 0. The van der Waals surface area contributed by atoms with Gasteiger partial charge in [-0.2, -0.15) is 0 Å². The van der Waals surface area contributed by atoms with E-state index in [1.54, 1.807) is 30.3 Å². The molecule has 6 nitrogen and oxygen atoms in total. The fourth-order valence-corrected chi connectivity index (χ4v) is 3.47. The van der Waals surface area contributed by atoms with E-state index in [0.29, 0.717) is 29.0 Å². The van der Waals surface area contributed by atoms with Crippen molar-refractivity contribution in [3.8, 4) is 11.1 Å². The van der Waals surface area contributed by atoms with Crippen LogP contribution in [0.2, 0.25) is 0 Å². The predicted molar refractivity (Wildman–Crippen MR) is 112 cm³/mol. The molecule has 6 heteroatoms. The molecule has 3 aromatic rings. The second-order valence-electron chi connectivity index (χ2n) is 6.78. The highest BCUT2D eigenvalue weighted by Gasteiger charge is 2.27. The van der Waals surface area contributed by atoms with Crippen LogP contribution < -0.4 is 16.0 Å². The SMILES string of the molecule is CC(=O)Nc1cccc(-c2ccc(NC(=O)c3ccccc3)c3c2CNC3=O)c1. The van der Waals surface area contributed by atoms with Crippen LogP contribution in [0.25, 0.3) is 11.1 Å². The number of carbonyl (C=O) groups excluding carboxylic acids is 3. The van der Waals surface area contributed by atoms with Gasteiger partial charge in [0.25, 0.3) is 11.8 Å². The first-order valence-electron chi connectivity index (χ1n) is 9.21. The van der Waals surface area contributed by atoms with Crippen molar-refractivity contribution in [1.82, 2.24) is 5.32 Å². The lowest BCUT2D eigenvalue weighted by Crippen LogP contribution is -2.17. The van der Waals surface area contributed by atoms with E-state index in [4.69, 9.17) is 0 Å². The number of hydrogen-bond acceptors (Lipinski definition) is 3. The highest BCUT2D eigenvalue weighted by atomic mass is 16.2. The van der Waals surface area contributed by atoms with Crippen LogP contribution in [-0.2, 0) is 11.3 Å². The second kappa shape index (κ2) is 7.59. The molecule has 0 aliphatic carbocycles. The molecule has 29 heavy (non-hydrogen) atoms. The van der Waals surface area contributed by atoms with E-state index in [9.17, 15) is 14.4 Å². The molecule has 3 N–H and O–H groups in total. The third-order valence-corrected chi connectivity index (χ3v) is 4.74. The fraction of sp³-hybridized carbons (Fsp3) is 0.0870. The maximum absolute atomic E-state index is 12.5. The molecule has 0 fully saturated rings. The number of rotatable bonds is 4. The number of anilines is 2. The fourth-order valence-electron chi connectivity index (χ4n) is 3.47. The van der Waals surface area contributed by atoms with Crippen molar-refractivity contribution < 1.29 is 14.4 Å². The molecule has 3 amide bonds. The average Bonchev–Trinajstić information content (AvgIpc) is 3.11. The standard InChI is InChI=1S/C23H19N3O3/c1-14(27)25-17-9-5-8-16(12-17)18-10-11-20(21-19(18)13-24-23(21)29)26-22(28)15-6-3-2-4-7-15/h2-12H,13H2,1H3,(H,24,29)(H,25,27)(H,26,28). The molecule has 0 radical (unpaired) electrons. The van der Waals surface area contributed by atoms with Crippen LogP contribution in [0.15, 0.2) is 66.7 Å². The summed E-state index contributed by atoms with van der Waals surface area (Å²) in [6, 6.07) is 19.9. The Bertz CT molecular complexity index is 1120. The first-order chi connectivity index (χ1) is 14.0. The Hall–Kier alpha value is -3.93. The largest absolute Gasteiger partial charge is 0.348 e. The molecule has 0 bridgehead atoms. The molecule has 1 aliphatic rings. The number of carbonyl (C=O) groups is 3. The summed E-state index contributed by atoms with van der Waals surface area (Å²) in [6.07, 6.45) is 0. The van der Waals surface area contributed by atoms with Crippen LogP contribution >= 0.6 is 0 Å². The van der Waals surface area contributed by atoms with Gasteiger partial charge in [0, 0.05) is 24.7 Å². The minimum absolute atomic E-state index is 0.150. The number of amides is 3. The summed E-state index contributed by atoms with van der Waals surface area (Å²) in [4.78, 5) is 36.4. The van der Waals surface area contributed by atoms with Crippen LogP contribution in [-0.4, -0.2) is 17.7 Å². The molecule has 0 unspecified atom stereocenters. The van der Waals surface area contributed by atoms with Gasteiger partial charge in [-0.25, -0.2) is 0 Å². The zero-order valence-corrected chi connectivity index (χ0v) is 15.8. The van der Waals surface area contributed by atoms with Gasteiger partial charge in [0.05, 0.1) is 11.3 Å². The van der Waals surface area contributed by atoms with Gasteiger partial charge in [-0.05, 0) is 47.0 Å². The normalized spacial score (nSPS) is 12.1. The molecule has 3 aromatic carbocycles. The van der Waals surface area contributed by atoms with Crippen molar-refractivity contribution in [2.75, 3.05) is 10.6 Å². The van der Waals surface area contributed by atoms with Gasteiger partial charge in [-0.3, -0.25) is 14.4 Å². The van der Waals surface area contributed by atoms with Gasteiger partial charge in [0.2, 0.25) is 5.91 Å². The number of hydrogen-bond donors (Lipinski definition) is 3. The van der Waals surface area contributed by atoms with Crippen molar-refractivity contribution in [1.29, 1.82) is 0 Å². The molecule has 1 heterocycles. The van der Waals surface area contributed by atoms with E-state index >= 15 is 0 Å². The summed E-state index contributed by atoms with van der Waals surface area (Å²) in [5.41, 5.74) is 4.73. The van der Waals surface area contributed by atoms with E-state index in [-0.39, 0.29) is 17.7 Å². The highest BCUT2D eigenvalue weighted by Crippen LogP contribution is 2.35. The maximum Gasteiger partial charge on any atom is 0.255 e. The Kier molecular flexibility index (Phi) is 4.83. The van der Waals surface area contributed by atoms with E-state index in [0.717, 1.165) is 16.7 Å². The number of benzene rings is 3. The number of fused-ring (bicyclic) bond motifs is 1. The summed E-state index contributed by atoms with van der Waals surface area (Å²) < 4.78 is 0. The first-order valence-corrected chi connectivity index (χ1v) is 9.21. The topological polar surface area (TPSA) is 87.3 Å². The quantitative estimate of drug-likeness (QED) is 0.638. The van der Waals surface area contributed by atoms with Crippen molar-refractivity contribution in [3.63, 3.8) is 0 Å². The van der Waals surface area contributed by atoms with Crippen molar-refractivity contribution in [2.45, 2.75) is 13.5 Å². The van der Waals surface area contributed by atoms with E-state index < -0.39 is 0 Å². The van der Waals surface area contributed by atoms with Gasteiger partial charge in [0.15, 0.2) is 0 Å². The van der Waals surface area contributed by atoms with Crippen molar-refractivity contribution >= 4 is 29.1 Å². The van der Waals surface area contributed by atoms with Crippen LogP contribution in [0.4, 0.5) is 11.4 Å². The van der Waals surface area contributed by atoms with Gasteiger partial charge in [-0.15, -0.1) is 0 Å². The first kappa shape index (κ1) is 18.4. The maximum atomic E-state index is 12.5. The molecular weight excluding hydrogens is 366 g/mol. The van der Waals surface area contributed by atoms with Gasteiger partial charge in [-0.1, -0.05) is 36.4 Å². The van der Waals surface area contributed by atoms with Crippen LogP contribution in [0.3, 0.4) is 0 Å². The number of nitrogens with one attached hydrogen (secondary N) is 3. The lowest BCUT2D eigenvalue weighted by atomic mass is 9.95. The predicted octanol–water partition coefficient (Wildman–Crippen LogP) is 3.81. The molecular formula is C23H19N3O3. The van der Waals surface area contributed by atoms with Gasteiger partial charge in [0.1, 0.15) is 0 Å². The molecule has 0 spiro atoms. The Morgan fingerprint density at radius 2 is 1.72 bits per heavy atom. The summed E-state index contributed by atoms with van der Waals surface area (Å²) in [5, 5.41) is 8.45. The molecule has 144 valence electrons. The van der Waals surface area contributed by atoms with Crippen molar-refractivity contribution in [3.05, 3.63) is 83.4 Å². The minimum atomic E-state index is -0.270. The molecule has 0 atom stereocenters. The molecule has 1 aliphatic heterocycles. The monoisotopic (exact) mass is 385 g/mol. The van der Waals surface area contributed by atoms with E-state index in [1.165, 1.54) is 6.92 Å². The third-order valence-electron chi connectivity index (χ3n) is 4.74. The van der Waals surface area contributed by atoms with E-state index in [1.807, 2.05) is 36.4 Å². The highest BCUT2D eigenvalue weighted by molar-refractivity contribution is 6.11. The lowest BCUT2D eigenvalue weighted by molar-refractivity contribution is -0.114. The van der Waals surface area contributed by atoms with E-state index in [2.05, 4.69) is 16.0 Å². The minimum Gasteiger partial charge on any atom is -0.348 e. The Balaban J connectivity index is 1.72. The van der Waals surface area contributed by atoms with Gasteiger partial charge < -0.3 is 16.0 Å². The second-order valence-corrected chi connectivity index (χ2v) is 6.78. The average molecular weight is 385 g/mol. The summed E-state index contributed by atoms with van der Waals surface area (Å²) in [6.45, 7) is 1.83. The van der Waals surface area contributed by atoms with Crippen molar-refractivity contribution in [2.24, 2.45) is 0 Å². The smallest absolute Gasteiger partial charge is 0.255 e. The zero-order chi connectivity index (χ0) is 20.4. The molecule has 4 rings (SSSR count). The third kappa shape index (κ3) is 3.73. The Morgan fingerprint density at radius 1 is 0.931 bits per heavy atom. The summed E-state index contributed by atoms with van der Waals surface area (Å²) in [7, 11) is 0. The molecule has 0 aromatic heterocycles. The summed E-state index contributed by atoms with van der Waals surface area (Å²) in [5.74, 6) is -0.640. The van der Waals surface area contributed by atoms with Gasteiger partial charge >= 0.3 is 0 Å². The zero-order valence-electron chi connectivity index (χ0n) is 15.8. The van der Waals surface area contributed by atoms with Crippen LogP contribution in [0, 0.1) is 0 Å².